The van der Waals surface area contributed by atoms with E-state index >= 15 is 4.39 Å². The predicted molar refractivity (Wildman–Crippen MR) is 107 cm³/mol. The van der Waals surface area contributed by atoms with Crippen LogP contribution in [0.25, 0.3) is 22.2 Å². The molecule has 1 aliphatic rings. The lowest BCUT2D eigenvalue weighted by molar-refractivity contribution is 0.310. The number of aromatic nitrogens is 2. The third kappa shape index (κ3) is 3.43. The van der Waals surface area contributed by atoms with Crippen LogP contribution in [0.1, 0.15) is 5.69 Å². The van der Waals surface area contributed by atoms with Gasteiger partial charge in [0, 0.05) is 50.1 Å². The molecule has 0 atom stereocenters. The van der Waals surface area contributed by atoms with E-state index in [0.717, 1.165) is 6.07 Å². The van der Waals surface area contributed by atoms with Crippen molar-refractivity contribution in [2.75, 3.05) is 38.1 Å². The first-order chi connectivity index (χ1) is 13.9. The third-order valence-electron chi connectivity index (χ3n) is 5.06. The second kappa shape index (κ2) is 7.43. The lowest BCUT2D eigenvalue weighted by Crippen LogP contribution is -2.45. The van der Waals surface area contributed by atoms with E-state index in [0.29, 0.717) is 31.7 Å². The van der Waals surface area contributed by atoms with Gasteiger partial charge in [0.2, 0.25) is 0 Å². The summed E-state index contributed by atoms with van der Waals surface area (Å²) in [6, 6.07) is 5.61. The lowest BCUT2D eigenvalue weighted by atomic mass is 10.1. The van der Waals surface area contributed by atoms with Gasteiger partial charge in [-0.3, -0.25) is 4.79 Å². The number of aromatic amines is 1. The zero-order valence-electron chi connectivity index (χ0n) is 15.5. The van der Waals surface area contributed by atoms with Crippen molar-refractivity contribution in [2.24, 2.45) is 0 Å². The monoisotopic (exact) mass is 415 g/mol. The molecule has 0 saturated carbocycles. The van der Waals surface area contributed by atoms with Gasteiger partial charge in [-0.05, 0) is 13.1 Å². The highest BCUT2D eigenvalue weighted by Crippen LogP contribution is 2.32. The summed E-state index contributed by atoms with van der Waals surface area (Å²) in [5.74, 6) is -1.62. The fourth-order valence-electron chi connectivity index (χ4n) is 3.50. The van der Waals surface area contributed by atoms with Crippen LogP contribution in [0.5, 0.6) is 0 Å². The zero-order chi connectivity index (χ0) is 20.7. The number of fused-ring (bicyclic) bond motifs is 1. The highest BCUT2D eigenvalue weighted by Gasteiger charge is 2.24. The van der Waals surface area contributed by atoms with E-state index in [1.54, 1.807) is 4.90 Å². The van der Waals surface area contributed by atoms with Gasteiger partial charge in [0.25, 0.3) is 0 Å². The highest BCUT2D eigenvalue weighted by molar-refractivity contribution is 6.33. The van der Waals surface area contributed by atoms with Crippen molar-refractivity contribution in [3.63, 3.8) is 0 Å². The van der Waals surface area contributed by atoms with Crippen LogP contribution < -0.4 is 10.3 Å². The second-order valence-electron chi connectivity index (χ2n) is 6.94. The summed E-state index contributed by atoms with van der Waals surface area (Å²) >= 11 is 6.14. The molecule has 1 saturated heterocycles. The Hall–Kier alpha value is -3.02. The van der Waals surface area contributed by atoms with Gasteiger partial charge in [-0.25, -0.2) is 13.8 Å². The summed E-state index contributed by atoms with van der Waals surface area (Å²) in [4.78, 5) is 23.1. The van der Waals surface area contributed by atoms with Crippen LogP contribution in [0.15, 0.2) is 29.2 Å². The van der Waals surface area contributed by atoms with Crippen LogP contribution in [0.4, 0.5) is 14.5 Å². The molecule has 1 fully saturated rings. The summed E-state index contributed by atoms with van der Waals surface area (Å²) < 4.78 is 30.0. The Bertz CT molecular complexity index is 1210. The molecule has 0 unspecified atom stereocenters. The first-order valence-corrected chi connectivity index (χ1v) is 9.31. The SMILES string of the molecule is CN1CCN(c2c(F)cc3[nH]c(-c4cc(C#N)ncc4Cl)cc(=O)c3c2F)CC1. The van der Waals surface area contributed by atoms with E-state index in [1.165, 1.54) is 18.3 Å². The standard InChI is InChI=1S/C20H16ClF2N5O/c1-27-2-4-28(5-3-27)20-14(22)7-16-18(19(20)23)17(29)8-15(26-16)12-6-11(9-24)25-10-13(12)21/h6-8,10H,2-5H2,1H3,(H,26,29). The fourth-order valence-corrected chi connectivity index (χ4v) is 3.71. The number of nitriles is 1. The van der Waals surface area contributed by atoms with E-state index in [1.807, 2.05) is 13.1 Å². The number of nitrogens with zero attached hydrogens (tertiary/aromatic N) is 4. The molecular weight excluding hydrogens is 400 g/mol. The highest BCUT2D eigenvalue weighted by atomic mass is 35.5. The van der Waals surface area contributed by atoms with Crippen LogP contribution in [0, 0.1) is 23.0 Å². The predicted octanol–water partition coefficient (Wildman–Crippen LogP) is 3.15. The number of hydrogen-bond acceptors (Lipinski definition) is 5. The Morgan fingerprint density at radius 1 is 1.21 bits per heavy atom. The number of likely N-dealkylation sites (N-methyl/N-ethyl adjacent to an activating group) is 1. The number of pyridine rings is 2. The van der Waals surface area contributed by atoms with Crippen LogP contribution in [-0.2, 0) is 0 Å². The summed E-state index contributed by atoms with van der Waals surface area (Å²) in [6.07, 6.45) is 1.29. The number of piperazine rings is 1. The summed E-state index contributed by atoms with van der Waals surface area (Å²) in [6.45, 7) is 2.28. The van der Waals surface area contributed by atoms with Crippen molar-refractivity contribution in [1.82, 2.24) is 14.9 Å². The molecule has 9 heteroatoms. The molecule has 0 bridgehead atoms. The smallest absolute Gasteiger partial charge is 0.193 e. The molecule has 29 heavy (non-hydrogen) atoms. The topological polar surface area (TPSA) is 76.0 Å². The van der Waals surface area contributed by atoms with Gasteiger partial charge >= 0.3 is 0 Å². The molecule has 0 spiro atoms. The van der Waals surface area contributed by atoms with Gasteiger partial charge in [-0.1, -0.05) is 11.6 Å². The average molecular weight is 416 g/mol. The van der Waals surface area contributed by atoms with E-state index in [2.05, 4.69) is 14.9 Å². The van der Waals surface area contributed by atoms with E-state index in [-0.39, 0.29) is 33.0 Å². The number of H-pyrrole nitrogens is 1. The number of halogens is 3. The summed E-state index contributed by atoms with van der Waals surface area (Å²) in [7, 11) is 1.94. The first kappa shape index (κ1) is 19.3. The first-order valence-electron chi connectivity index (χ1n) is 8.93. The van der Waals surface area contributed by atoms with E-state index in [9.17, 15) is 9.18 Å². The van der Waals surface area contributed by atoms with Crippen molar-refractivity contribution < 1.29 is 8.78 Å². The minimum Gasteiger partial charge on any atom is -0.364 e. The summed E-state index contributed by atoms with van der Waals surface area (Å²) in [5, 5.41) is 9.02. The quantitative estimate of drug-likeness (QED) is 0.696. The molecule has 1 N–H and O–H groups in total. The van der Waals surface area contributed by atoms with E-state index in [4.69, 9.17) is 16.9 Å². The van der Waals surface area contributed by atoms with Crippen molar-refractivity contribution in [3.8, 4) is 17.3 Å². The Morgan fingerprint density at radius 3 is 2.62 bits per heavy atom. The maximum absolute atomic E-state index is 15.2. The summed E-state index contributed by atoms with van der Waals surface area (Å²) in [5.41, 5.74) is -0.0656. The normalized spacial score (nSPS) is 14.9. The molecular formula is C20H16ClF2N5O. The third-order valence-corrected chi connectivity index (χ3v) is 5.37. The number of anilines is 1. The number of rotatable bonds is 2. The number of nitrogens with one attached hydrogen (secondary N) is 1. The minimum absolute atomic E-state index is 0.0202. The molecule has 6 nitrogen and oxygen atoms in total. The average Bonchev–Trinajstić information content (AvgIpc) is 2.69. The molecule has 3 heterocycles. The Balaban J connectivity index is 1.88. The molecule has 3 aromatic rings. The van der Waals surface area contributed by atoms with E-state index < -0.39 is 17.1 Å². The van der Waals surface area contributed by atoms with Gasteiger partial charge in [0.1, 0.15) is 17.5 Å². The maximum Gasteiger partial charge on any atom is 0.193 e. The Kier molecular flexibility index (Phi) is 4.94. The second-order valence-corrected chi connectivity index (χ2v) is 7.35. The van der Waals surface area contributed by atoms with Crippen molar-refractivity contribution in [3.05, 3.63) is 57.0 Å². The molecule has 0 amide bonds. The zero-order valence-corrected chi connectivity index (χ0v) is 16.2. The van der Waals surface area contributed by atoms with Gasteiger partial charge in [0.05, 0.1) is 21.6 Å². The van der Waals surface area contributed by atoms with Crippen molar-refractivity contribution >= 4 is 28.2 Å². The fraction of sp³-hybridized carbons (Fsp3) is 0.250. The molecule has 1 aromatic carbocycles. The molecule has 0 aliphatic carbocycles. The van der Waals surface area contributed by atoms with Gasteiger partial charge in [-0.2, -0.15) is 5.26 Å². The van der Waals surface area contributed by atoms with Crippen LogP contribution >= 0.6 is 11.6 Å². The van der Waals surface area contributed by atoms with Crippen LogP contribution in [-0.4, -0.2) is 48.1 Å². The number of benzene rings is 1. The van der Waals surface area contributed by atoms with Gasteiger partial charge in [0.15, 0.2) is 17.1 Å². The molecule has 4 rings (SSSR count). The largest absolute Gasteiger partial charge is 0.364 e. The van der Waals surface area contributed by atoms with Gasteiger partial charge in [-0.15, -0.1) is 0 Å². The molecule has 0 radical (unpaired) electrons. The van der Waals surface area contributed by atoms with Crippen molar-refractivity contribution in [2.45, 2.75) is 0 Å². The maximum atomic E-state index is 15.2. The molecule has 2 aromatic heterocycles. The van der Waals surface area contributed by atoms with Crippen LogP contribution in [0.2, 0.25) is 5.02 Å². The van der Waals surface area contributed by atoms with Crippen molar-refractivity contribution in [1.29, 1.82) is 5.26 Å². The molecule has 148 valence electrons. The number of hydrogen-bond donors (Lipinski definition) is 1. The van der Waals surface area contributed by atoms with Gasteiger partial charge < -0.3 is 14.8 Å². The minimum atomic E-state index is -0.879. The Morgan fingerprint density at radius 2 is 1.93 bits per heavy atom. The Labute approximate surface area is 170 Å². The lowest BCUT2D eigenvalue weighted by Gasteiger charge is -2.34. The molecule has 1 aliphatic heterocycles. The van der Waals surface area contributed by atoms with Crippen LogP contribution in [0.3, 0.4) is 0 Å².